The van der Waals surface area contributed by atoms with Crippen molar-refractivity contribution in [3.63, 3.8) is 0 Å². The van der Waals surface area contributed by atoms with Crippen LogP contribution in [0.15, 0.2) is 24.3 Å². The molecule has 2 amide bonds. The Kier molecular flexibility index (Phi) is 6.04. The lowest BCUT2D eigenvalue weighted by Gasteiger charge is -2.17. The molecule has 1 aromatic carbocycles. The summed E-state index contributed by atoms with van der Waals surface area (Å²) in [4.78, 5) is 16.5. The summed E-state index contributed by atoms with van der Waals surface area (Å²) in [6.45, 7) is 1.10. The Labute approximate surface area is 173 Å². The van der Waals surface area contributed by atoms with Gasteiger partial charge in [-0.2, -0.15) is 13.2 Å². The zero-order chi connectivity index (χ0) is 22.1. The number of carbonyl (C=O) groups is 1. The molecule has 0 aliphatic heterocycles. The molecule has 0 aliphatic rings. The molecule has 12 heteroatoms. The molecule has 0 bridgehead atoms. The summed E-state index contributed by atoms with van der Waals surface area (Å²) >= 11 is 5.62. The van der Waals surface area contributed by atoms with E-state index in [4.69, 9.17) is 16.3 Å². The van der Waals surface area contributed by atoms with E-state index in [-0.39, 0.29) is 23.0 Å². The minimum atomic E-state index is -4.61. The molecule has 0 spiro atoms. The Morgan fingerprint density at radius 1 is 1.37 bits per heavy atom. The molecule has 8 nitrogen and oxygen atoms in total. The van der Waals surface area contributed by atoms with Crippen LogP contribution in [0.1, 0.15) is 29.8 Å². The standard InChI is InChI=1S/C18H17ClF3N5O3/c1-8(9-3-4-11(19)10(5-9)18(20,21)22)23-17(29)25-14-6-12-15(13(7-28)24-14)16(30-2)27-26-12/h3-6,8,28H,7H2,1-2H3,(H,26,27)(H2,23,24,25,29)/t8-/m1/s1. The molecule has 0 aliphatic carbocycles. The number of aliphatic hydroxyl groups excluding tert-OH is 1. The van der Waals surface area contributed by atoms with Gasteiger partial charge in [0.2, 0.25) is 5.88 Å². The number of rotatable bonds is 5. The first-order valence-electron chi connectivity index (χ1n) is 8.61. The SMILES string of the molecule is COc1n[nH]c2cc(NC(=O)N[C@H](C)c3ccc(Cl)c(C(F)(F)F)c3)nc(CO)c12. The van der Waals surface area contributed by atoms with Gasteiger partial charge >= 0.3 is 12.2 Å². The Morgan fingerprint density at radius 2 is 2.10 bits per heavy atom. The minimum absolute atomic E-state index is 0.106. The number of urea groups is 1. The summed E-state index contributed by atoms with van der Waals surface area (Å²) in [5.41, 5.74) is -0.0565. The van der Waals surface area contributed by atoms with Crippen molar-refractivity contribution < 1.29 is 27.8 Å². The van der Waals surface area contributed by atoms with Crippen molar-refractivity contribution in [3.8, 4) is 5.88 Å². The average Bonchev–Trinajstić information content (AvgIpc) is 3.09. The first kappa shape index (κ1) is 21.7. The van der Waals surface area contributed by atoms with Crippen molar-refractivity contribution in [2.45, 2.75) is 25.7 Å². The molecule has 0 radical (unpaired) electrons. The van der Waals surface area contributed by atoms with Crippen molar-refractivity contribution in [2.24, 2.45) is 0 Å². The van der Waals surface area contributed by atoms with E-state index in [0.717, 1.165) is 12.1 Å². The summed E-state index contributed by atoms with van der Waals surface area (Å²) in [6.07, 6.45) is -4.61. The number of aliphatic hydroxyl groups is 1. The number of amides is 2. The van der Waals surface area contributed by atoms with Gasteiger partial charge in [0.15, 0.2) is 0 Å². The molecule has 1 atom stereocenters. The number of aromatic amines is 1. The van der Waals surface area contributed by atoms with Crippen LogP contribution < -0.4 is 15.4 Å². The molecule has 2 aromatic heterocycles. The van der Waals surface area contributed by atoms with Crippen LogP contribution in [0.2, 0.25) is 5.02 Å². The third-order valence-electron chi connectivity index (χ3n) is 4.31. The lowest BCUT2D eigenvalue weighted by atomic mass is 10.0. The first-order valence-corrected chi connectivity index (χ1v) is 8.98. The van der Waals surface area contributed by atoms with Crippen LogP contribution >= 0.6 is 11.6 Å². The van der Waals surface area contributed by atoms with Crippen LogP contribution in [-0.2, 0) is 12.8 Å². The third kappa shape index (κ3) is 4.41. The number of nitrogens with zero attached hydrogens (tertiary/aromatic N) is 2. The van der Waals surface area contributed by atoms with Gasteiger partial charge in [0.05, 0.1) is 46.9 Å². The largest absolute Gasteiger partial charge is 0.479 e. The number of anilines is 1. The number of alkyl halides is 3. The maximum Gasteiger partial charge on any atom is 0.417 e. The number of fused-ring (bicyclic) bond motifs is 1. The number of hydrogen-bond donors (Lipinski definition) is 4. The maximum absolute atomic E-state index is 13.0. The summed E-state index contributed by atoms with van der Waals surface area (Å²) in [5.74, 6) is 0.351. The summed E-state index contributed by atoms with van der Waals surface area (Å²) in [6, 6.07) is 3.44. The lowest BCUT2D eigenvalue weighted by Crippen LogP contribution is -2.31. The van der Waals surface area contributed by atoms with E-state index in [1.165, 1.54) is 26.2 Å². The Bertz CT molecular complexity index is 1090. The van der Waals surface area contributed by atoms with Gasteiger partial charge in [0, 0.05) is 6.07 Å². The second-order valence-electron chi connectivity index (χ2n) is 6.32. The smallest absolute Gasteiger partial charge is 0.417 e. The predicted octanol–water partition coefficient (Wildman–Crippen LogP) is 4.01. The zero-order valence-electron chi connectivity index (χ0n) is 15.8. The highest BCUT2D eigenvalue weighted by atomic mass is 35.5. The monoisotopic (exact) mass is 443 g/mol. The molecular formula is C18H17ClF3N5O3. The highest BCUT2D eigenvalue weighted by molar-refractivity contribution is 6.31. The molecule has 0 saturated heterocycles. The van der Waals surface area contributed by atoms with Crippen LogP contribution in [0.3, 0.4) is 0 Å². The molecule has 0 fully saturated rings. The third-order valence-corrected chi connectivity index (χ3v) is 4.64. The summed E-state index contributed by atoms with van der Waals surface area (Å²) < 4.78 is 44.2. The Balaban J connectivity index is 1.77. The number of carbonyl (C=O) groups excluding carboxylic acids is 1. The summed E-state index contributed by atoms with van der Waals surface area (Å²) in [7, 11) is 1.42. The first-order chi connectivity index (χ1) is 14.1. The highest BCUT2D eigenvalue weighted by Crippen LogP contribution is 2.36. The van der Waals surface area contributed by atoms with Crippen LogP contribution in [0.25, 0.3) is 10.9 Å². The van der Waals surface area contributed by atoms with E-state index in [2.05, 4.69) is 25.8 Å². The van der Waals surface area contributed by atoms with Gasteiger partial charge in [0.1, 0.15) is 5.82 Å². The Hall–Kier alpha value is -3.05. The number of aromatic nitrogens is 3. The van der Waals surface area contributed by atoms with Crippen molar-refractivity contribution in [2.75, 3.05) is 12.4 Å². The highest BCUT2D eigenvalue weighted by Gasteiger charge is 2.33. The number of halogens is 4. The second-order valence-corrected chi connectivity index (χ2v) is 6.73. The number of benzene rings is 1. The molecular weight excluding hydrogens is 427 g/mol. The van der Waals surface area contributed by atoms with Gasteiger partial charge < -0.3 is 15.2 Å². The van der Waals surface area contributed by atoms with E-state index in [0.29, 0.717) is 10.9 Å². The number of H-pyrrole nitrogens is 1. The van der Waals surface area contributed by atoms with E-state index in [1.54, 1.807) is 0 Å². The lowest BCUT2D eigenvalue weighted by molar-refractivity contribution is -0.137. The molecule has 3 aromatic rings. The van der Waals surface area contributed by atoms with E-state index in [1.807, 2.05) is 0 Å². The van der Waals surface area contributed by atoms with E-state index >= 15 is 0 Å². The van der Waals surface area contributed by atoms with Crippen molar-refractivity contribution in [1.82, 2.24) is 20.5 Å². The fourth-order valence-corrected chi connectivity index (χ4v) is 3.10. The minimum Gasteiger partial charge on any atom is -0.479 e. The molecule has 2 heterocycles. The Morgan fingerprint density at radius 3 is 2.73 bits per heavy atom. The van der Waals surface area contributed by atoms with Gasteiger partial charge in [-0.1, -0.05) is 17.7 Å². The van der Waals surface area contributed by atoms with Crippen molar-refractivity contribution in [1.29, 1.82) is 0 Å². The van der Waals surface area contributed by atoms with Crippen molar-refractivity contribution >= 4 is 34.4 Å². The fourth-order valence-electron chi connectivity index (χ4n) is 2.88. The summed E-state index contributed by atoms with van der Waals surface area (Å²) in [5, 5.41) is 21.3. The van der Waals surface area contributed by atoms with Crippen LogP contribution in [-0.4, -0.2) is 33.4 Å². The number of nitrogens with one attached hydrogen (secondary N) is 3. The van der Waals surface area contributed by atoms with Crippen LogP contribution in [0.4, 0.5) is 23.8 Å². The van der Waals surface area contributed by atoms with Gasteiger partial charge in [-0.15, -0.1) is 5.10 Å². The molecule has 0 saturated carbocycles. The molecule has 30 heavy (non-hydrogen) atoms. The maximum atomic E-state index is 13.0. The van der Waals surface area contributed by atoms with Crippen LogP contribution in [0.5, 0.6) is 5.88 Å². The fraction of sp³-hybridized carbons (Fsp3) is 0.278. The molecule has 3 rings (SSSR count). The van der Waals surface area contributed by atoms with Gasteiger partial charge in [-0.3, -0.25) is 10.4 Å². The van der Waals surface area contributed by atoms with Gasteiger partial charge in [0.25, 0.3) is 0 Å². The van der Waals surface area contributed by atoms with Gasteiger partial charge in [-0.05, 0) is 24.6 Å². The zero-order valence-corrected chi connectivity index (χ0v) is 16.5. The number of ether oxygens (including phenoxy) is 1. The number of hydrogen-bond acceptors (Lipinski definition) is 5. The second kappa shape index (κ2) is 8.36. The number of methoxy groups -OCH3 is 1. The molecule has 0 unspecified atom stereocenters. The van der Waals surface area contributed by atoms with E-state index in [9.17, 15) is 23.1 Å². The van der Waals surface area contributed by atoms with Gasteiger partial charge in [-0.25, -0.2) is 9.78 Å². The average molecular weight is 444 g/mol. The molecule has 160 valence electrons. The normalized spacial score (nSPS) is 12.6. The quantitative estimate of drug-likeness (QED) is 0.476. The topological polar surface area (TPSA) is 112 Å². The predicted molar refractivity (Wildman–Crippen MR) is 103 cm³/mol. The molecule has 4 N–H and O–H groups in total. The van der Waals surface area contributed by atoms with Crippen LogP contribution in [0, 0.1) is 0 Å². The van der Waals surface area contributed by atoms with E-state index < -0.39 is 35.4 Å². The number of pyridine rings is 1. The van der Waals surface area contributed by atoms with Crippen molar-refractivity contribution in [3.05, 3.63) is 46.1 Å².